The first kappa shape index (κ1) is 24.0. The van der Waals surface area contributed by atoms with E-state index < -0.39 is 0 Å². The molecule has 3 N–H and O–H groups in total. The van der Waals surface area contributed by atoms with Crippen LogP contribution < -0.4 is 16.0 Å². The van der Waals surface area contributed by atoms with Gasteiger partial charge in [-0.2, -0.15) is 0 Å². The number of nitrogens with one attached hydrogen (secondary N) is 1. The maximum atomic E-state index is 12.5. The fraction of sp³-hybridized carbons (Fsp3) is 0.391. The number of para-hydroxylation sites is 1. The largest absolute Gasteiger partial charge is 0.370 e. The lowest BCUT2D eigenvalue weighted by molar-refractivity contribution is -0.129. The van der Waals surface area contributed by atoms with Gasteiger partial charge in [0.25, 0.3) is 0 Å². The topological polar surface area (TPSA) is 74.0 Å². The summed E-state index contributed by atoms with van der Waals surface area (Å²) in [6.45, 7) is 7.52. The molecule has 0 spiro atoms. The van der Waals surface area contributed by atoms with Crippen molar-refractivity contribution in [2.24, 2.45) is 10.7 Å². The molecule has 1 heterocycles. The van der Waals surface area contributed by atoms with Crippen molar-refractivity contribution >= 4 is 47.2 Å². The Kier molecular flexibility index (Phi) is 9.42. The number of benzene rings is 2. The molecule has 1 aliphatic rings. The minimum Gasteiger partial charge on any atom is -0.370 e. The van der Waals surface area contributed by atoms with Crippen molar-refractivity contribution in [3.05, 3.63) is 60.2 Å². The lowest BCUT2D eigenvalue weighted by Crippen LogP contribution is -2.49. The number of carbonyl (C=O) groups is 1. The van der Waals surface area contributed by atoms with E-state index in [1.54, 1.807) is 0 Å². The van der Waals surface area contributed by atoms with Crippen LogP contribution in [0.5, 0.6) is 0 Å². The summed E-state index contributed by atoms with van der Waals surface area (Å²) in [5.41, 5.74) is 9.35. The number of aliphatic imine (C=N–C) groups is 1. The summed E-state index contributed by atoms with van der Waals surface area (Å²) >= 11 is 0. The zero-order valence-electron chi connectivity index (χ0n) is 17.8. The number of nitrogens with zero attached hydrogens (tertiary/aromatic N) is 3. The van der Waals surface area contributed by atoms with Gasteiger partial charge in [-0.05, 0) is 42.2 Å². The van der Waals surface area contributed by atoms with Crippen LogP contribution in [-0.2, 0) is 4.79 Å². The van der Waals surface area contributed by atoms with E-state index in [-0.39, 0.29) is 42.4 Å². The molecule has 1 aliphatic heterocycles. The number of halogens is 1. The molecular weight excluding hydrogens is 489 g/mol. The standard InChI is InChI=1S/C23H31N5O.HI/c1-3-18(2)19-9-11-20(12-10-19)26-23(24)25-17-22(29)28-15-13-27(14-16-28)21-7-5-4-6-8-21;/h4-12,18H,3,13-17H2,1-2H3,(H3,24,25,26);1H. The van der Waals surface area contributed by atoms with Gasteiger partial charge in [-0.25, -0.2) is 4.99 Å². The first-order valence-corrected chi connectivity index (χ1v) is 10.3. The lowest BCUT2D eigenvalue weighted by Gasteiger charge is -2.35. The second kappa shape index (κ2) is 11.8. The first-order valence-electron chi connectivity index (χ1n) is 10.3. The molecule has 3 rings (SSSR count). The summed E-state index contributed by atoms with van der Waals surface area (Å²) in [5.74, 6) is 0.808. The summed E-state index contributed by atoms with van der Waals surface area (Å²) in [6, 6.07) is 18.5. The van der Waals surface area contributed by atoms with E-state index in [4.69, 9.17) is 5.73 Å². The number of carbonyl (C=O) groups excluding carboxylic acids is 1. The van der Waals surface area contributed by atoms with Gasteiger partial charge < -0.3 is 20.9 Å². The highest BCUT2D eigenvalue weighted by molar-refractivity contribution is 14.0. The summed E-state index contributed by atoms with van der Waals surface area (Å²) < 4.78 is 0. The smallest absolute Gasteiger partial charge is 0.244 e. The Hall–Kier alpha value is -2.29. The van der Waals surface area contributed by atoms with Gasteiger partial charge in [0.2, 0.25) is 5.91 Å². The highest BCUT2D eigenvalue weighted by Crippen LogP contribution is 2.20. The molecule has 0 aromatic heterocycles. The number of piperazine rings is 1. The Labute approximate surface area is 196 Å². The van der Waals surface area contributed by atoms with Gasteiger partial charge in [-0.15, -0.1) is 24.0 Å². The summed E-state index contributed by atoms with van der Waals surface area (Å²) in [4.78, 5) is 20.8. The molecule has 1 saturated heterocycles. The van der Waals surface area contributed by atoms with Crippen molar-refractivity contribution in [2.45, 2.75) is 26.2 Å². The molecule has 0 aliphatic carbocycles. The summed E-state index contributed by atoms with van der Waals surface area (Å²) in [7, 11) is 0. The highest BCUT2D eigenvalue weighted by atomic mass is 127. The fourth-order valence-electron chi connectivity index (χ4n) is 3.42. The maximum Gasteiger partial charge on any atom is 0.244 e. The van der Waals surface area contributed by atoms with Gasteiger partial charge in [0.05, 0.1) is 0 Å². The van der Waals surface area contributed by atoms with Crippen LogP contribution in [0.2, 0.25) is 0 Å². The van der Waals surface area contributed by atoms with Crippen LogP contribution in [0.3, 0.4) is 0 Å². The Morgan fingerprint density at radius 3 is 2.30 bits per heavy atom. The number of guanidine groups is 1. The number of hydrogen-bond acceptors (Lipinski definition) is 3. The molecule has 1 fully saturated rings. The van der Waals surface area contributed by atoms with Crippen molar-refractivity contribution in [1.29, 1.82) is 0 Å². The Morgan fingerprint density at radius 1 is 1.07 bits per heavy atom. The number of rotatable bonds is 6. The molecule has 162 valence electrons. The summed E-state index contributed by atoms with van der Waals surface area (Å²) in [5, 5.41) is 3.06. The fourth-order valence-corrected chi connectivity index (χ4v) is 3.42. The summed E-state index contributed by atoms with van der Waals surface area (Å²) in [6.07, 6.45) is 1.11. The van der Waals surface area contributed by atoms with E-state index in [1.165, 1.54) is 11.3 Å². The SMILES string of the molecule is CCC(C)c1ccc(NC(N)=NCC(=O)N2CCN(c3ccccc3)CC2)cc1.I. The van der Waals surface area contributed by atoms with Crippen LogP contribution in [0.15, 0.2) is 59.6 Å². The highest BCUT2D eigenvalue weighted by Gasteiger charge is 2.20. The molecular formula is C23H32IN5O. The van der Waals surface area contributed by atoms with Crippen LogP contribution in [0.1, 0.15) is 31.7 Å². The number of anilines is 2. The second-order valence-corrected chi connectivity index (χ2v) is 7.46. The molecule has 0 bridgehead atoms. The molecule has 1 amide bonds. The van der Waals surface area contributed by atoms with E-state index in [2.05, 4.69) is 53.3 Å². The average Bonchev–Trinajstić information content (AvgIpc) is 2.78. The molecule has 7 heteroatoms. The third-order valence-electron chi connectivity index (χ3n) is 5.50. The van der Waals surface area contributed by atoms with E-state index in [9.17, 15) is 4.79 Å². The molecule has 30 heavy (non-hydrogen) atoms. The average molecular weight is 521 g/mol. The Balaban J connectivity index is 0.00000320. The normalized spacial score (nSPS) is 15.3. The van der Waals surface area contributed by atoms with Crippen molar-refractivity contribution in [2.75, 3.05) is 42.9 Å². The first-order chi connectivity index (χ1) is 14.1. The number of amides is 1. The lowest BCUT2D eigenvalue weighted by atomic mass is 9.99. The van der Waals surface area contributed by atoms with E-state index in [1.807, 2.05) is 35.2 Å². The minimum atomic E-state index is 0. The minimum absolute atomic E-state index is 0. The van der Waals surface area contributed by atoms with Gasteiger partial charge in [-0.1, -0.05) is 44.2 Å². The predicted molar refractivity (Wildman–Crippen MR) is 136 cm³/mol. The van der Waals surface area contributed by atoms with Crippen LogP contribution in [-0.4, -0.2) is 49.5 Å². The van der Waals surface area contributed by atoms with Crippen LogP contribution >= 0.6 is 24.0 Å². The number of hydrogen-bond donors (Lipinski definition) is 2. The molecule has 0 saturated carbocycles. The molecule has 1 unspecified atom stereocenters. The van der Waals surface area contributed by atoms with Crippen LogP contribution in [0.25, 0.3) is 0 Å². The van der Waals surface area contributed by atoms with Crippen molar-refractivity contribution in [3.63, 3.8) is 0 Å². The van der Waals surface area contributed by atoms with Crippen molar-refractivity contribution < 1.29 is 4.79 Å². The zero-order valence-corrected chi connectivity index (χ0v) is 20.1. The predicted octanol–water partition coefficient (Wildman–Crippen LogP) is 3.89. The van der Waals surface area contributed by atoms with Gasteiger partial charge in [-0.3, -0.25) is 4.79 Å². The van der Waals surface area contributed by atoms with Crippen LogP contribution in [0, 0.1) is 0 Å². The van der Waals surface area contributed by atoms with Crippen molar-refractivity contribution in [1.82, 2.24) is 4.90 Å². The van der Waals surface area contributed by atoms with Gasteiger partial charge >= 0.3 is 0 Å². The molecule has 1 atom stereocenters. The monoisotopic (exact) mass is 521 g/mol. The van der Waals surface area contributed by atoms with Gasteiger partial charge in [0.15, 0.2) is 5.96 Å². The molecule has 2 aromatic rings. The molecule has 6 nitrogen and oxygen atoms in total. The maximum absolute atomic E-state index is 12.5. The second-order valence-electron chi connectivity index (χ2n) is 7.46. The quantitative estimate of drug-likeness (QED) is 0.344. The zero-order chi connectivity index (χ0) is 20.6. The third-order valence-corrected chi connectivity index (χ3v) is 5.50. The van der Waals surface area contributed by atoms with E-state index in [0.717, 1.165) is 25.2 Å². The van der Waals surface area contributed by atoms with Crippen molar-refractivity contribution in [3.8, 4) is 0 Å². The van der Waals surface area contributed by atoms with E-state index >= 15 is 0 Å². The van der Waals surface area contributed by atoms with Gasteiger partial charge in [0, 0.05) is 37.6 Å². The molecule has 0 radical (unpaired) electrons. The third kappa shape index (κ3) is 6.62. The van der Waals surface area contributed by atoms with E-state index in [0.29, 0.717) is 19.0 Å². The molecule has 2 aromatic carbocycles. The Morgan fingerprint density at radius 2 is 1.70 bits per heavy atom. The van der Waals surface area contributed by atoms with Gasteiger partial charge in [0.1, 0.15) is 6.54 Å². The Bertz CT molecular complexity index is 817. The number of nitrogens with two attached hydrogens (primary N) is 1. The van der Waals surface area contributed by atoms with Crippen LogP contribution in [0.4, 0.5) is 11.4 Å².